The first kappa shape index (κ1) is 16.3. The average Bonchev–Trinajstić information content (AvgIpc) is 3.09. The van der Waals surface area contributed by atoms with E-state index in [1.54, 1.807) is 0 Å². The van der Waals surface area contributed by atoms with Gasteiger partial charge in [-0.15, -0.1) is 11.3 Å². The standard InChI is InChI=1S/C17H26N2OS/c1-5-8-18-11-15-10-16(20-14(15)3)12-19(4)13(2)17-7-6-9-21-17/h6-7,9-10,13,18H,5,8,11-12H2,1-4H3. The van der Waals surface area contributed by atoms with Crippen LogP contribution in [0, 0.1) is 6.92 Å². The number of nitrogens with zero attached hydrogens (tertiary/aromatic N) is 1. The van der Waals surface area contributed by atoms with E-state index in [2.05, 4.69) is 61.6 Å². The number of nitrogens with one attached hydrogen (secondary N) is 1. The van der Waals surface area contributed by atoms with Gasteiger partial charge in [0.2, 0.25) is 0 Å². The fraction of sp³-hybridized carbons (Fsp3) is 0.529. The van der Waals surface area contributed by atoms with Crippen molar-refractivity contribution in [2.24, 2.45) is 0 Å². The highest BCUT2D eigenvalue weighted by Gasteiger charge is 2.15. The highest BCUT2D eigenvalue weighted by molar-refractivity contribution is 7.10. The molecule has 0 fully saturated rings. The Bertz CT molecular complexity index is 533. The van der Waals surface area contributed by atoms with Crippen LogP contribution in [0.2, 0.25) is 0 Å². The molecule has 116 valence electrons. The van der Waals surface area contributed by atoms with Gasteiger partial charge in [-0.1, -0.05) is 13.0 Å². The van der Waals surface area contributed by atoms with E-state index in [1.807, 2.05) is 11.3 Å². The van der Waals surface area contributed by atoms with E-state index < -0.39 is 0 Å². The van der Waals surface area contributed by atoms with Gasteiger partial charge in [0.25, 0.3) is 0 Å². The lowest BCUT2D eigenvalue weighted by Crippen LogP contribution is -2.20. The largest absolute Gasteiger partial charge is 0.465 e. The van der Waals surface area contributed by atoms with E-state index in [9.17, 15) is 0 Å². The van der Waals surface area contributed by atoms with Crippen molar-refractivity contribution in [1.82, 2.24) is 10.2 Å². The van der Waals surface area contributed by atoms with Crippen LogP contribution in [0.1, 0.15) is 48.3 Å². The molecule has 1 N–H and O–H groups in total. The summed E-state index contributed by atoms with van der Waals surface area (Å²) in [6.45, 7) is 9.26. The number of rotatable bonds is 8. The monoisotopic (exact) mass is 306 g/mol. The van der Waals surface area contributed by atoms with E-state index in [-0.39, 0.29) is 0 Å². The Morgan fingerprint density at radius 2 is 2.24 bits per heavy atom. The third-order valence-corrected chi connectivity index (χ3v) is 4.88. The maximum Gasteiger partial charge on any atom is 0.118 e. The average molecular weight is 306 g/mol. The van der Waals surface area contributed by atoms with Crippen LogP contribution in [0.15, 0.2) is 28.0 Å². The molecule has 3 nitrogen and oxygen atoms in total. The fourth-order valence-corrected chi connectivity index (χ4v) is 3.22. The van der Waals surface area contributed by atoms with Gasteiger partial charge in [-0.2, -0.15) is 0 Å². The maximum atomic E-state index is 5.91. The van der Waals surface area contributed by atoms with Crippen molar-refractivity contribution in [1.29, 1.82) is 0 Å². The zero-order chi connectivity index (χ0) is 15.2. The molecule has 0 aliphatic rings. The zero-order valence-corrected chi connectivity index (χ0v) is 14.3. The molecule has 0 spiro atoms. The lowest BCUT2D eigenvalue weighted by molar-refractivity contribution is 0.234. The maximum absolute atomic E-state index is 5.91. The lowest BCUT2D eigenvalue weighted by atomic mass is 10.2. The lowest BCUT2D eigenvalue weighted by Gasteiger charge is -2.22. The van der Waals surface area contributed by atoms with Gasteiger partial charge < -0.3 is 9.73 Å². The van der Waals surface area contributed by atoms with Gasteiger partial charge >= 0.3 is 0 Å². The van der Waals surface area contributed by atoms with Gasteiger partial charge in [0.1, 0.15) is 11.5 Å². The van der Waals surface area contributed by atoms with Crippen LogP contribution >= 0.6 is 11.3 Å². The molecule has 0 aliphatic carbocycles. The Kier molecular flexibility index (Phi) is 6.03. The van der Waals surface area contributed by atoms with Crippen molar-refractivity contribution in [2.75, 3.05) is 13.6 Å². The summed E-state index contributed by atoms with van der Waals surface area (Å²) in [5.74, 6) is 2.08. The van der Waals surface area contributed by atoms with Gasteiger partial charge in [0.15, 0.2) is 0 Å². The predicted molar refractivity (Wildman–Crippen MR) is 89.6 cm³/mol. The van der Waals surface area contributed by atoms with Crippen LogP contribution < -0.4 is 5.32 Å². The molecule has 2 heterocycles. The van der Waals surface area contributed by atoms with E-state index >= 15 is 0 Å². The number of thiophene rings is 1. The summed E-state index contributed by atoms with van der Waals surface area (Å²) in [5.41, 5.74) is 1.27. The molecule has 0 aromatic carbocycles. The number of aryl methyl sites for hydroxylation is 1. The zero-order valence-electron chi connectivity index (χ0n) is 13.5. The van der Waals surface area contributed by atoms with Gasteiger partial charge in [0.05, 0.1) is 6.54 Å². The van der Waals surface area contributed by atoms with Gasteiger partial charge in [0, 0.05) is 23.0 Å². The summed E-state index contributed by atoms with van der Waals surface area (Å²) >= 11 is 1.81. The molecule has 21 heavy (non-hydrogen) atoms. The van der Waals surface area contributed by atoms with E-state index in [0.717, 1.165) is 37.6 Å². The molecule has 2 rings (SSSR count). The summed E-state index contributed by atoms with van der Waals surface area (Å²) in [7, 11) is 2.15. The SMILES string of the molecule is CCCNCc1cc(CN(C)C(C)c2cccs2)oc1C. The molecule has 0 saturated heterocycles. The number of furan rings is 1. The molecule has 1 unspecified atom stereocenters. The first-order valence-electron chi connectivity index (χ1n) is 7.64. The van der Waals surface area contributed by atoms with Crippen molar-refractivity contribution < 1.29 is 4.42 Å². The smallest absolute Gasteiger partial charge is 0.118 e. The molecule has 0 aliphatic heterocycles. The number of hydrogen-bond acceptors (Lipinski definition) is 4. The summed E-state index contributed by atoms with van der Waals surface area (Å²) in [5, 5.41) is 5.57. The van der Waals surface area contributed by atoms with E-state index in [0.29, 0.717) is 6.04 Å². The minimum absolute atomic E-state index is 0.414. The van der Waals surface area contributed by atoms with Crippen molar-refractivity contribution in [3.63, 3.8) is 0 Å². The molecule has 4 heteroatoms. The molecule has 0 saturated carbocycles. The Labute approximate surface area is 132 Å². The quantitative estimate of drug-likeness (QED) is 0.735. The third kappa shape index (κ3) is 4.43. The van der Waals surface area contributed by atoms with E-state index in [1.165, 1.54) is 10.4 Å². The van der Waals surface area contributed by atoms with Crippen molar-refractivity contribution in [3.8, 4) is 0 Å². The second-order valence-electron chi connectivity index (χ2n) is 5.58. The summed E-state index contributed by atoms with van der Waals surface area (Å²) in [6, 6.07) is 6.91. The first-order chi connectivity index (χ1) is 10.1. The Morgan fingerprint density at radius 3 is 2.90 bits per heavy atom. The molecule has 0 radical (unpaired) electrons. The number of hydrogen-bond donors (Lipinski definition) is 1. The van der Waals surface area contributed by atoms with Crippen LogP contribution in [-0.2, 0) is 13.1 Å². The third-order valence-electron chi connectivity index (χ3n) is 3.84. The molecule has 2 aromatic heterocycles. The topological polar surface area (TPSA) is 28.4 Å². The van der Waals surface area contributed by atoms with Crippen LogP contribution in [-0.4, -0.2) is 18.5 Å². The Balaban J connectivity index is 1.94. The molecule has 0 bridgehead atoms. The summed E-state index contributed by atoms with van der Waals surface area (Å²) in [4.78, 5) is 3.72. The molecule has 0 amide bonds. The molecule has 2 aromatic rings. The minimum atomic E-state index is 0.414. The van der Waals surface area contributed by atoms with Crippen LogP contribution in [0.5, 0.6) is 0 Å². The Hall–Kier alpha value is -1.10. The Morgan fingerprint density at radius 1 is 1.43 bits per heavy atom. The van der Waals surface area contributed by atoms with Crippen LogP contribution in [0.4, 0.5) is 0 Å². The van der Waals surface area contributed by atoms with Gasteiger partial charge in [-0.3, -0.25) is 4.90 Å². The molecular formula is C17H26N2OS. The van der Waals surface area contributed by atoms with Crippen LogP contribution in [0.3, 0.4) is 0 Å². The first-order valence-corrected chi connectivity index (χ1v) is 8.52. The molecule has 1 atom stereocenters. The second-order valence-corrected chi connectivity index (χ2v) is 6.56. The van der Waals surface area contributed by atoms with Crippen molar-refractivity contribution in [2.45, 2.75) is 46.3 Å². The predicted octanol–water partition coefficient (Wildman–Crippen LogP) is 4.34. The fourth-order valence-electron chi connectivity index (χ4n) is 2.37. The van der Waals surface area contributed by atoms with E-state index in [4.69, 9.17) is 4.42 Å². The van der Waals surface area contributed by atoms with Gasteiger partial charge in [-0.05, 0) is 51.4 Å². The molecular weight excluding hydrogens is 280 g/mol. The van der Waals surface area contributed by atoms with Crippen molar-refractivity contribution >= 4 is 11.3 Å². The second kappa shape index (κ2) is 7.78. The highest BCUT2D eigenvalue weighted by Crippen LogP contribution is 2.25. The summed E-state index contributed by atoms with van der Waals surface area (Å²) in [6.07, 6.45) is 1.16. The highest BCUT2D eigenvalue weighted by atomic mass is 32.1. The summed E-state index contributed by atoms with van der Waals surface area (Å²) < 4.78 is 5.91. The van der Waals surface area contributed by atoms with Crippen LogP contribution in [0.25, 0.3) is 0 Å². The van der Waals surface area contributed by atoms with Gasteiger partial charge in [-0.25, -0.2) is 0 Å². The van der Waals surface area contributed by atoms with Crippen molar-refractivity contribution in [3.05, 3.63) is 45.5 Å². The minimum Gasteiger partial charge on any atom is -0.465 e. The normalized spacial score (nSPS) is 13.0.